The summed E-state index contributed by atoms with van der Waals surface area (Å²) in [6.07, 6.45) is 4.40. The van der Waals surface area contributed by atoms with E-state index in [0.717, 1.165) is 44.6 Å². The molecule has 0 aromatic heterocycles. The summed E-state index contributed by atoms with van der Waals surface area (Å²) in [5.41, 5.74) is -0.845. The molecule has 0 amide bonds. The van der Waals surface area contributed by atoms with Gasteiger partial charge >= 0.3 is 5.69 Å². The zero-order valence-electron chi connectivity index (χ0n) is 14.3. The minimum atomic E-state index is -2.09. The molecule has 0 aliphatic heterocycles. The first-order chi connectivity index (χ1) is 11.8. The van der Waals surface area contributed by atoms with E-state index >= 15 is 0 Å². The summed E-state index contributed by atoms with van der Waals surface area (Å²) in [5.74, 6) is -0.904. The van der Waals surface area contributed by atoms with Crippen molar-refractivity contribution in [1.29, 1.82) is 0 Å². The minimum Gasteiger partial charge on any atom is -0.501 e. The Balaban J connectivity index is 3.12. The number of hydrogen-bond donors (Lipinski definition) is 0. The highest BCUT2D eigenvalue weighted by atomic mass is 16.7. The van der Waals surface area contributed by atoms with E-state index in [1.54, 1.807) is 0 Å². The van der Waals surface area contributed by atoms with Gasteiger partial charge in [-0.3, -0.25) is 20.2 Å². The average Bonchev–Trinajstić information content (AvgIpc) is 2.51. The second-order valence-corrected chi connectivity index (χ2v) is 5.74. The summed E-state index contributed by atoms with van der Waals surface area (Å²) < 4.78 is 4.23. The summed E-state index contributed by atoms with van der Waals surface area (Å²) in [6.45, 7) is 3.54. The standard InChI is InChI=1S/C16H22N2O7/c1-3-4-5-6-7-8-9-12-10-13(17(21)22)15(25-16(19)20)14(11(12)2)18(23)24/h10H,3-9H2,1-2H3,(H,19,20)/p-1. The van der Waals surface area contributed by atoms with E-state index in [1.807, 2.05) is 0 Å². The zero-order chi connectivity index (χ0) is 19.0. The fourth-order valence-electron chi connectivity index (χ4n) is 2.68. The molecule has 0 saturated carbocycles. The van der Waals surface area contributed by atoms with Gasteiger partial charge in [0.05, 0.1) is 9.85 Å². The summed E-state index contributed by atoms with van der Waals surface area (Å²) in [6, 6.07) is 1.15. The van der Waals surface area contributed by atoms with Gasteiger partial charge in [-0.05, 0) is 25.3 Å². The SMILES string of the molecule is CCCCCCCCc1cc([N+](=O)[O-])c(OC(=O)[O-])c([N+](=O)[O-])c1C. The molecule has 0 heterocycles. The van der Waals surface area contributed by atoms with E-state index in [2.05, 4.69) is 11.7 Å². The number of aryl methyl sites for hydroxylation is 1. The molecule has 9 heteroatoms. The van der Waals surface area contributed by atoms with Crippen LogP contribution in [-0.4, -0.2) is 16.0 Å². The fraction of sp³-hybridized carbons (Fsp3) is 0.562. The first-order valence-electron chi connectivity index (χ1n) is 8.13. The van der Waals surface area contributed by atoms with Crippen LogP contribution in [0.25, 0.3) is 0 Å². The molecule has 1 aromatic carbocycles. The maximum absolute atomic E-state index is 11.3. The largest absolute Gasteiger partial charge is 0.501 e. The number of ether oxygens (including phenoxy) is 1. The molecule has 0 bridgehead atoms. The third kappa shape index (κ3) is 5.70. The number of nitrogens with zero attached hydrogens (tertiary/aromatic N) is 2. The van der Waals surface area contributed by atoms with Gasteiger partial charge < -0.3 is 14.6 Å². The molecule has 0 saturated heterocycles. The molecule has 0 aliphatic carbocycles. The lowest BCUT2D eigenvalue weighted by Gasteiger charge is -2.14. The highest BCUT2D eigenvalue weighted by molar-refractivity contribution is 5.72. The van der Waals surface area contributed by atoms with E-state index in [0.29, 0.717) is 12.0 Å². The molecule has 1 rings (SSSR count). The van der Waals surface area contributed by atoms with Crippen molar-refractivity contribution in [1.82, 2.24) is 0 Å². The van der Waals surface area contributed by atoms with Gasteiger partial charge in [-0.25, -0.2) is 0 Å². The number of benzene rings is 1. The third-order valence-electron chi connectivity index (χ3n) is 3.96. The maximum atomic E-state index is 11.3. The molecular formula is C16H21N2O7-. The molecule has 0 atom stereocenters. The van der Waals surface area contributed by atoms with Gasteiger partial charge in [0.2, 0.25) is 5.75 Å². The molecule has 0 radical (unpaired) electrons. The van der Waals surface area contributed by atoms with Gasteiger partial charge in [0.15, 0.2) is 0 Å². The molecule has 0 N–H and O–H groups in total. The van der Waals surface area contributed by atoms with Crippen LogP contribution < -0.4 is 9.84 Å². The van der Waals surface area contributed by atoms with Crippen LogP contribution in [0, 0.1) is 27.2 Å². The topological polar surface area (TPSA) is 136 Å². The predicted molar refractivity (Wildman–Crippen MR) is 87.6 cm³/mol. The smallest absolute Gasteiger partial charge is 0.303 e. The Hall–Kier alpha value is -2.71. The van der Waals surface area contributed by atoms with Crippen molar-refractivity contribution in [2.45, 2.75) is 58.8 Å². The van der Waals surface area contributed by atoms with Gasteiger partial charge in [-0.2, -0.15) is 0 Å². The van der Waals surface area contributed by atoms with Crippen LogP contribution in [-0.2, 0) is 6.42 Å². The van der Waals surface area contributed by atoms with E-state index < -0.39 is 33.1 Å². The molecule has 0 aliphatic rings. The normalized spacial score (nSPS) is 10.5. The van der Waals surface area contributed by atoms with Gasteiger partial charge in [0, 0.05) is 11.6 Å². The summed E-state index contributed by atoms with van der Waals surface area (Å²) in [4.78, 5) is 31.3. The van der Waals surface area contributed by atoms with E-state index in [1.165, 1.54) is 6.92 Å². The lowest BCUT2D eigenvalue weighted by Crippen LogP contribution is -2.27. The maximum Gasteiger partial charge on any atom is 0.303 e. The minimum absolute atomic E-state index is 0.167. The quantitative estimate of drug-likeness (QED) is 0.206. The summed E-state index contributed by atoms with van der Waals surface area (Å²) in [5, 5.41) is 33.1. The third-order valence-corrected chi connectivity index (χ3v) is 3.96. The Kier molecular flexibility index (Phi) is 7.77. The van der Waals surface area contributed by atoms with Crippen molar-refractivity contribution in [3.05, 3.63) is 37.4 Å². The predicted octanol–water partition coefficient (Wildman–Crippen LogP) is 3.44. The van der Waals surface area contributed by atoms with Crippen molar-refractivity contribution in [2.24, 2.45) is 0 Å². The number of carboxylic acid groups (broad SMARTS) is 1. The van der Waals surface area contributed by atoms with Crippen molar-refractivity contribution >= 4 is 17.5 Å². The lowest BCUT2D eigenvalue weighted by atomic mass is 9.98. The highest BCUT2D eigenvalue weighted by Gasteiger charge is 2.30. The Labute approximate surface area is 144 Å². The summed E-state index contributed by atoms with van der Waals surface area (Å²) >= 11 is 0. The van der Waals surface area contributed by atoms with Crippen LogP contribution in [0.15, 0.2) is 6.07 Å². The van der Waals surface area contributed by atoms with Gasteiger partial charge in [-0.1, -0.05) is 39.0 Å². The van der Waals surface area contributed by atoms with Crippen molar-refractivity contribution in [3.8, 4) is 5.75 Å². The molecule has 9 nitrogen and oxygen atoms in total. The van der Waals surface area contributed by atoms with Crippen LogP contribution in [0.5, 0.6) is 5.75 Å². The number of carbonyl (C=O) groups is 1. The lowest BCUT2D eigenvalue weighted by molar-refractivity contribution is -0.396. The number of nitro benzene ring substituents is 2. The van der Waals surface area contributed by atoms with E-state index in [-0.39, 0.29) is 5.56 Å². The van der Waals surface area contributed by atoms with Crippen LogP contribution >= 0.6 is 0 Å². The molecule has 0 fully saturated rings. The zero-order valence-corrected chi connectivity index (χ0v) is 14.3. The van der Waals surface area contributed by atoms with Gasteiger partial charge in [0.25, 0.3) is 11.8 Å². The molecule has 1 aromatic rings. The number of rotatable bonds is 10. The van der Waals surface area contributed by atoms with Crippen LogP contribution in [0.1, 0.15) is 56.6 Å². The molecule has 138 valence electrons. The molecule has 25 heavy (non-hydrogen) atoms. The second-order valence-electron chi connectivity index (χ2n) is 5.74. The number of nitro groups is 2. The van der Waals surface area contributed by atoms with E-state index in [4.69, 9.17) is 0 Å². The Morgan fingerprint density at radius 2 is 1.68 bits per heavy atom. The first-order valence-corrected chi connectivity index (χ1v) is 8.13. The highest BCUT2D eigenvalue weighted by Crippen LogP contribution is 2.41. The number of carbonyl (C=O) groups excluding carboxylic acids is 1. The second kappa shape index (κ2) is 9.55. The number of hydrogen-bond acceptors (Lipinski definition) is 7. The molecular weight excluding hydrogens is 332 g/mol. The fourth-order valence-corrected chi connectivity index (χ4v) is 2.68. The average molecular weight is 353 g/mol. The van der Waals surface area contributed by atoms with Gasteiger partial charge in [-0.15, -0.1) is 0 Å². The Morgan fingerprint density at radius 1 is 1.08 bits per heavy atom. The summed E-state index contributed by atoms with van der Waals surface area (Å²) in [7, 11) is 0. The first kappa shape index (κ1) is 20.3. The molecule has 0 spiro atoms. The van der Waals surface area contributed by atoms with Gasteiger partial charge in [0.1, 0.15) is 0 Å². The van der Waals surface area contributed by atoms with Crippen LogP contribution in [0.3, 0.4) is 0 Å². The van der Waals surface area contributed by atoms with E-state index in [9.17, 15) is 30.1 Å². The van der Waals surface area contributed by atoms with Crippen molar-refractivity contribution in [2.75, 3.05) is 0 Å². The Bertz CT molecular complexity index is 658. The Morgan fingerprint density at radius 3 is 2.20 bits per heavy atom. The number of unbranched alkanes of at least 4 members (excludes halogenated alkanes) is 5. The van der Waals surface area contributed by atoms with Crippen LogP contribution in [0.4, 0.5) is 16.2 Å². The van der Waals surface area contributed by atoms with Crippen molar-refractivity contribution < 1.29 is 24.5 Å². The van der Waals surface area contributed by atoms with Crippen molar-refractivity contribution in [3.63, 3.8) is 0 Å². The molecule has 0 unspecified atom stereocenters. The van der Waals surface area contributed by atoms with Crippen LogP contribution in [0.2, 0.25) is 0 Å². The monoisotopic (exact) mass is 353 g/mol.